The molecule has 3 atom stereocenters. The Morgan fingerprint density at radius 3 is 2.88 bits per heavy atom. The second kappa shape index (κ2) is 9.45. The number of unbranched alkanes of at least 4 members (excludes halogenated alkanes) is 3. The Hall–Kier alpha value is -1.85. The molecule has 0 aromatic heterocycles. The summed E-state index contributed by atoms with van der Waals surface area (Å²) in [7, 11) is 0. The van der Waals surface area contributed by atoms with Gasteiger partial charge in [-0.2, -0.15) is 0 Å². The van der Waals surface area contributed by atoms with Gasteiger partial charge in [0.25, 0.3) is 0 Å². The molecule has 6 nitrogen and oxygen atoms in total. The molecule has 0 bridgehead atoms. The lowest BCUT2D eigenvalue weighted by Crippen LogP contribution is -2.48. The zero-order valence-electron chi connectivity index (χ0n) is 14.5. The molecule has 2 rings (SSSR count). The van der Waals surface area contributed by atoms with Gasteiger partial charge in [0.1, 0.15) is 6.04 Å². The standard InChI is InChI=1S/C18H29N3O3/c1-2-3-4-5-6-8-14-11-15(14)20-18(24)16-9-7-10-21(16)17(23)12-19-13-22/h6,8,13-16H,2-5,7,9-12H2,1H3,(H,19,22)(H,20,24)/b8-6-/t14-,15?,16?/m1/s1. The summed E-state index contributed by atoms with van der Waals surface area (Å²) < 4.78 is 0. The number of likely N-dealkylation sites (tertiary alicyclic amines) is 1. The number of carbonyl (C=O) groups excluding carboxylic acids is 3. The molecular formula is C18H29N3O3. The molecule has 134 valence electrons. The summed E-state index contributed by atoms with van der Waals surface area (Å²) in [4.78, 5) is 36.3. The molecule has 1 heterocycles. The largest absolute Gasteiger partial charge is 0.351 e. The van der Waals surface area contributed by atoms with Gasteiger partial charge in [-0.3, -0.25) is 14.4 Å². The summed E-state index contributed by atoms with van der Waals surface area (Å²) >= 11 is 0. The first-order chi connectivity index (χ1) is 11.7. The topological polar surface area (TPSA) is 78.5 Å². The number of nitrogens with one attached hydrogen (secondary N) is 2. The minimum Gasteiger partial charge on any atom is -0.351 e. The van der Waals surface area contributed by atoms with Gasteiger partial charge in [-0.05, 0) is 38.0 Å². The lowest BCUT2D eigenvalue weighted by molar-refractivity contribution is -0.138. The highest BCUT2D eigenvalue weighted by atomic mass is 16.2. The van der Waals surface area contributed by atoms with Crippen LogP contribution >= 0.6 is 0 Å². The van der Waals surface area contributed by atoms with Crippen molar-refractivity contribution in [2.24, 2.45) is 5.92 Å². The molecule has 6 heteroatoms. The lowest BCUT2D eigenvalue weighted by Gasteiger charge is -2.23. The quantitative estimate of drug-likeness (QED) is 0.359. The Morgan fingerprint density at radius 2 is 2.12 bits per heavy atom. The third-order valence-corrected chi connectivity index (χ3v) is 4.74. The van der Waals surface area contributed by atoms with E-state index in [9.17, 15) is 14.4 Å². The van der Waals surface area contributed by atoms with Gasteiger partial charge >= 0.3 is 0 Å². The van der Waals surface area contributed by atoms with Crippen LogP contribution in [-0.4, -0.2) is 48.3 Å². The molecule has 2 aliphatic rings. The van der Waals surface area contributed by atoms with E-state index in [1.54, 1.807) is 4.90 Å². The van der Waals surface area contributed by atoms with E-state index in [0.29, 0.717) is 25.3 Å². The zero-order valence-corrected chi connectivity index (χ0v) is 14.5. The van der Waals surface area contributed by atoms with Crippen LogP contribution in [-0.2, 0) is 14.4 Å². The fourth-order valence-electron chi connectivity index (χ4n) is 3.22. The van der Waals surface area contributed by atoms with Crippen molar-refractivity contribution in [1.82, 2.24) is 15.5 Å². The SMILES string of the molecule is CCCCC/C=C\[C@@H]1CC1NC(=O)C1CCCN1C(=O)CNC=O. The summed E-state index contributed by atoms with van der Waals surface area (Å²) in [5.74, 6) is 0.194. The van der Waals surface area contributed by atoms with Crippen LogP contribution in [0.1, 0.15) is 51.9 Å². The molecule has 2 N–H and O–H groups in total. The van der Waals surface area contributed by atoms with E-state index in [0.717, 1.165) is 19.3 Å². The van der Waals surface area contributed by atoms with E-state index in [-0.39, 0.29) is 30.4 Å². The zero-order chi connectivity index (χ0) is 17.4. The first-order valence-corrected chi connectivity index (χ1v) is 9.11. The molecule has 1 saturated heterocycles. The van der Waals surface area contributed by atoms with Crippen LogP contribution < -0.4 is 10.6 Å². The van der Waals surface area contributed by atoms with E-state index in [1.165, 1.54) is 19.3 Å². The maximum atomic E-state index is 12.4. The Labute approximate surface area is 144 Å². The molecular weight excluding hydrogens is 306 g/mol. The third kappa shape index (κ3) is 5.35. The normalized spacial score (nSPS) is 25.7. The molecule has 2 fully saturated rings. The van der Waals surface area contributed by atoms with Crippen molar-refractivity contribution in [2.75, 3.05) is 13.1 Å². The Morgan fingerprint density at radius 1 is 1.29 bits per heavy atom. The van der Waals surface area contributed by atoms with E-state index in [2.05, 4.69) is 29.7 Å². The van der Waals surface area contributed by atoms with Gasteiger partial charge in [0.2, 0.25) is 18.2 Å². The average molecular weight is 335 g/mol. The Kier molecular flexibility index (Phi) is 7.28. The van der Waals surface area contributed by atoms with Crippen molar-refractivity contribution < 1.29 is 14.4 Å². The number of nitrogens with zero attached hydrogens (tertiary/aromatic N) is 1. The second-order valence-corrected chi connectivity index (χ2v) is 6.68. The van der Waals surface area contributed by atoms with Crippen LogP contribution in [0.2, 0.25) is 0 Å². The predicted octanol–water partition coefficient (Wildman–Crippen LogP) is 1.36. The number of carbonyl (C=O) groups is 3. The second-order valence-electron chi connectivity index (χ2n) is 6.68. The van der Waals surface area contributed by atoms with Crippen molar-refractivity contribution in [3.63, 3.8) is 0 Å². The van der Waals surface area contributed by atoms with Crippen LogP contribution in [0.3, 0.4) is 0 Å². The van der Waals surface area contributed by atoms with Gasteiger partial charge in [-0.1, -0.05) is 31.9 Å². The van der Waals surface area contributed by atoms with Gasteiger partial charge in [-0.25, -0.2) is 0 Å². The van der Waals surface area contributed by atoms with E-state index < -0.39 is 0 Å². The third-order valence-electron chi connectivity index (χ3n) is 4.74. The number of rotatable bonds is 10. The predicted molar refractivity (Wildman–Crippen MR) is 92.1 cm³/mol. The minimum absolute atomic E-state index is 0.0418. The molecule has 0 aromatic rings. The highest BCUT2D eigenvalue weighted by Gasteiger charge is 2.40. The van der Waals surface area contributed by atoms with Crippen molar-refractivity contribution in [1.29, 1.82) is 0 Å². The van der Waals surface area contributed by atoms with E-state index >= 15 is 0 Å². The van der Waals surface area contributed by atoms with Crippen LogP contribution in [0.4, 0.5) is 0 Å². The van der Waals surface area contributed by atoms with Crippen molar-refractivity contribution >= 4 is 18.2 Å². The number of amides is 3. The van der Waals surface area contributed by atoms with Gasteiger partial charge in [-0.15, -0.1) is 0 Å². The molecule has 1 aliphatic heterocycles. The molecule has 0 aromatic carbocycles. The van der Waals surface area contributed by atoms with Crippen LogP contribution in [0.15, 0.2) is 12.2 Å². The summed E-state index contributed by atoms with van der Waals surface area (Å²) in [5.41, 5.74) is 0. The highest BCUT2D eigenvalue weighted by molar-refractivity contribution is 5.89. The van der Waals surface area contributed by atoms with Gasteiger partial charge < -0.3 is 15.5 Å². The molecule has 24 heavy (non-hydrogen) atoms. The Bertz CT molecular complexity index is 478. The summed E-state index contributed by atoms with van der Waals surface area (Å²) in [6.07, 6.45) is 12.3. The molecule has 0 radical (unpaired) electrons. The Balaban J connectivity index is 1.72. The van der Waals surface area contributed by atoms with Crippen LogP contribution in [0.25, 0.3) is 0 Å². The van der Waals surface area contributed by atoms with E-state index in [1.807, 2.05) is 0 Å². The first-order valence-electron chi connectivity index (χ1n) is 9.11. The maximum absolute atomic E-state index is 12.4. The maximum Gasteiger partial charge on any atom is 0.243 e. The lowest BCUT2D eigenvalue weighted by atomic mass is 10.2. The van der Waals surface area contributed by atoms with Gasteiger partial charge in [0.05, 0.1) is 6.54 Å². The van der Waals surface area contributed by atoms with Crippen LogP contribution in [0, 0.1) is 5.92 Å². The molecule has 2 unspecified atom stereocenters. The van der Waals surface area contributed by atoms with Gasteiger partial charge in [0.15, 0.2) is 0 Å². The fourth-order valence-corrected chi connectivity index (χ4v) is 3.22. The number of hydrogen-bond acceptors (Lipinski definition) is 3. The minimum atomic E-state index is -0.388. The summed E-state index contributed by atoms with van der Waals surface area (Å²) in [6.45, 7) is 2.74. The average Bonchev–Trinajstić information content (AvgIpc) is 3.11. The van der Waals surface area contributed by atoms with E-state index in [4.69, 9.17) is 0 Å². The molecule has 1 aliphatic carbocycles. The smallest absolute Gasteiger partial charge is 0.243 e. The van der Waals surface area contributed by atoms with Crippen molar-refractivity contribution in [3.05, 3.63) is 12.2 Å². The van der Waals surface area contributed by atoms with Crippen molar-refractivity contribution in [2.45, 2.75) is 64.0 Å². The number of allylic oxidation sites excluding steroid dienone is 1. The first kappa shape index (κ1) is 18.5. The number of hydrogen-bond donors (Lipinski definition) is 2. The van der Waals surface area contributed by atoms with Crippen LogP contribution in [0.5, 0.6) is 0 Å². The molecule has 0 spiro atoms. The molecule has 3 amide bonds. The highest BCUT2D eigenvalue weighted by Crippen LogP contribution is 2.32. The van der Waals surface area contributed by atoms with Gasteiger partial charge in [0, 0.05) is 12.6 Å². The van der Waals surface area contributed by atoms with Crippen molar-refractivity contribution in [3.8, 4) is 0 Å². The molecule has 1 saturated carbocycles. The summed E-state index contributed by atoms with van der Waals surface area (Å²) in [5, 5.41) is 5.43. The summed E-state index contributed by atoms with van der Waals surface area (Å²) in [6, 6.07) is -0.175. The fraction of sp³-hybridized carbons (Fsp3) is 0.722. The monoisotopic (exact) mass is 335 g/mol.